The number of carbonyl (C=O) groups is 1. The van der Waals surface area contributed by atoms with Gasteiger partial charge in [-0.05, 0) is 62.3 Å². The van der Waals surface area contributed by atoms with Gasteiger partial charge in [0.25, 0.3) is 5.91 Å². The molecule has 1 amide bonds. The maximum Gasteiger partial charge on any atom is 0.336 e. The van der Waals surface area contributed by atoms with Gasteiger partial charge in [-0.1, -0.05) is 6.92 Å². The van der Waals surface area contributed by atoms with Crippen LogP contribution in [0.2, 0.25) is 0 Å². The van der Waals surface area contributed by atoms with Crippen LogP contribution >= 0.6 is 0 Å². The van der Waals surface area contributed by atoms with E-state index in [1.54, 1.807) is 0 Å². The average Bonchev–Trinajstić information content (AvgIpc) is 2.89. The van der Waals surface area contributed by atoms with Crippen molar-refractivity contribution in [1.82, 2.24) is 4.90 Å². The molecule has 2 bridgehead atoms. The number of benzene rings is 1. The van der Waals surface area contributed by atoms with Gasteiger partial charge in [-0.15, -0.1) is 0 Å². The van der Waals surface area contributed by atoms with Crippen LogP contribution in [0.4, 0.5) is 0 Å². The summed E-state index contributed by atoms with van der Waals surface area (Å²) in [6, 6.07) is 5.42. The molecule has 1 N–H and O–H groups in total. The molecule has 2 saturated heterocycles. The topological polar surface area (TPSA) is 80.0 Å². The highest BCUT2D eigenvalue weighted by Gasteiger charge is 2.42. The van der Waals surface area contributed by atoms with Crippen molar-refractivity contribution < 1.29 is 19.1 Å². The summed E-state index contributed by atoms with van der Waals surface area (Å²) >= 11 is 0. The van der Waals surface area contributed by atoms with Crippen molar-refractivity contribution in [1.29, 1.82) is 0 Å². The number of aliphatic hydroxyl groups is 1. The molecule has 27 heavy (non-hydrogen) atoms. The Morgan fingerprint density at radius 2 is 1.96 bits per heavy atom. The summed E-state index contributed by atoms with van der Waals surface area (Å²) in [4.78, 5) is 26.5. The Kier molecular flexibility index (Phi) is 4.68. The Hall–Kier alpha value is -2.34. The molecule has 144 valence electrons. The lowest BCUT2D eigenvalue weighted by molar-refractivity contribution is -0.139. The lowest BCUT2D eigenvalue weighted by Gasteiger charge is -2.37. The number of hydrogen-bond acceptors (Lipinski definition) is 5. The minimum atomic E-state index is -0.379. The molecule has 2 aliphatic rings. The first-order valence-electron chi connectivity index (χ1n) is 9.65. The molecule has 2 aromatic rings. The maximum atomic E-state index is 12.8. The van der Waals surface area contributed by atoms with Crippen LogP contribution in [-0.4, -0.2) is 40.7 Å². The molecular weight excluding hydrogens is 346 g/mol. The fourth-order valence-corrected chi connectivity index (χ4v) is 4.63. The zero-order valence-electron chi connectivity index (χ0n) is 15.7. The van der Waals surface area contributed by atoms with E-state index in [0.717, 1.165) is 29.4 Å². The number of fused-ring (bicyclic) bond motifs is 3. The van der Waals surface area contributed by atoms with Crippen molar-refractivity contribution in [2.24, 2.45) is 0 Å². The van der Waals surface area contributed by atoms with Crippen molar-refractivity contribution in [3.63, 3.8) is 0 Å². The Morgan fingerprint density at radius 1 is 1.26 bits per heavy atom. The highest BCUT2D eigenvalue weighted by atomic mass is 16.5. The summed E-state index contributed by atoms with van der Waals surface area (Å²) < 4.78 is 11.3. The van der Waals surface area contributed by atoms with Crippen molar-refractivity contribution >= 4 is 16.9 Å². The van der Waals surface area contributed by atoms with Gasteiger partial charge in [0.15, 0.2) is 6.61 Å². The summed E-state index contributed by atoms with van der Waals surface area (Å²) in [6.07, 6.45) is 3.58. The Balaban J connectivity index is 1.59. The summed E-state index contributed by atoms with van der Waals surface area (Å²) in [5.74, 6) is 0.530. The van der Waals surface area contributed by atoms with Crippen LogP contribution in [0.5, 0.6) is 5.75 Å². The quantitative estimate of drug-likeness (QED) is 0.836. The molecule has 0 radical (unpaired) electrons. The fraction of sp³-hybridized carbons (Fsp3) is 0.524. The van der Waals surface area contributed by atoms with Crippen LogP contribution in [0.15, 0.2) is 27.4 Å². The molecule has 2 fully saturated rings. The van der Waals surface area contributed by atoms with Crippen molar-refractivity contribution in [3.8, 4) is 5.75 Å². The maximum absolute atomic E-state index is 12.8. The number of aryl methyl sites for hydroxylation is 2. The predicted molar refractivity (Wildman–Crippen MR) is 101 cm³/mol. The molecule has 4 rings (SSSR count). The second kappa shape index (κ2) is 7.00. The second-order valence-corrected chi connectivity index (χ2v) is 7.68. The van der Waals surface area contributed by atoms with Crippen LogP contribution in [0.3, 0.4) is 0 Å². The van der Waals surface area contributed by atoms with E-state index in [-0.39, 0.29) is 36.3 Å². The summed E-state index contributed by atoms with van der Waals surface area (Å²) in [6.45, 7) is 3.82. The van der Waals surface area contributed by atoms with Gasteiger partial charge < -0.3 is 19.2 Å². The molecule has 0 saturated carbocycles. The molecule has 1 aromatic heterocycles. The molecular formula is C21H25NO5. The SMILES string of the molecule is CCc1cc(=O)oc2cc(C)cc(OCC(=O)N3[C@@H]4CC[C@H]3CC(O)C4)c12. The number of nitrogens with zero attached hydrogens (tertiary/aromatic N) is 1. The van der Waals surface area contributed by atoms with Gasteiger partial charge in [0.05, 0.1) is 11.5 Å². The molecule has 3 heterocycles. The van der Waals surface area contributed by atoms with Gasteiger partial charge in [-0.25, -0.2) is 4.79 Å². The highest BCUT2D eigenvalue weighted by molar-refractivity contribution is 5.88. The molecule has 0 aliphatic carbocycles. The fourth-order valence-electron chi connectivity index (χ4n) is 4.63. The highest BCUT2D eigenvalue weighted by Crippen LogP contribution is 2.36. The minimum absolute atomic E-state index is 0.0421. The molecule has 1 aromatic carbocycles. The number of amides is 1. The summed E-state index contributed by atoms with van der Waals surface area (Å²) in [5.41, 5.74) is 1.87. The third-order valence-corrected chi connectivity index (χ3v) is 5.76. The zero-order valence-corrected chi connectivity index (χ0v) is 15.7. The van der Waals surface area contributed by atoms with Gasteiger partial charge in [-0.3, -0.25) is 4.79 Å². The zero-order chi connectivity index (χ0) is 19.1. The van der Waals surface area contributed by atoms with Crippen LogP contribution < -0.4 is 10.4 Å². The number of rotatable bonds is 4. The number of ether oxygens (including phenoxy) is 1. The number of carbonyl (C=O) groups excluding carboxylic acids is 1. The van der Waals surface area contributed by atoms with E-state index in [4.69, 9.17) is 9.15 Å². The minimum Gasteiger partial charge on any atom is -0.483 e. The van der Waals surface area contributed by atoms with E-state index >= 15 is 0 Å². The molecule has 6 nitrogen and oxygen atoms in total. The third kappa shape index (κ3) is 3.34. The van der Waals surface area contributed by atoms with E-state index in [1.807, 2.05) is 30.9 Å². The smallest absolute Gasteiger partial charge is 0.336 e. The molecule has 3 atom stereocenters. The van der Waals surface area contributed by atoms with Crippen LogP contribution in [0, 0.1) is 6.92 Å². The van der Waals surface area contributed by atoms with E-state index in [1.165, 1.54) is 6.07 Å². The molecule has 2 aliphatic heterocycles. The summed E-state index contributed by atoms with van der Waals surface area (Å²) in [5, 5.41) is 10.7. The van der Waals surface area contributed by atoms with E-state index in [2.05, 4.69) is 0 Å². The van der Waals surface area contributed by atoms with E-state index in [0.29, 0.717) is 30.6 Å². The van der Waals surface area contributed by atoms with Crippen molar-refractivity contribution in [2.75, 3.05) is 6.61 Å². The van der Waals surface area contributed by atoms with Crippen LogP contribution in [0.25, 0.3) is 11.0 Å². The number of hydrogen-bond donors (Lipinski definition) is 1. The first-order chi connectivity index (χ1) is 13.0. The second-order valence-electron chi connectivity index (χ2n) is 7.68. The first kappa shape index (κ1) is 18.0. The van der Waals surface area contributed by atoms with Gasteiger partial charge in [-0.2, -0.15) is 0 Å². The predicted octanol–water partition coefficient (Wildman–Crippen LogP) is 2.56. The third-order valence-electron chi connectivity index (χ3n) is 5.76. The van der Waals surface area contributed by atoms with Crippen molar-refractivity contribution in [2.45, 2.75) is 64.1 Å². The van der Waals surface area contributed by atoms with Gasteiger partial charge in [0, 0.05) is 18.2 Å². The monoisotopic (exact) mass is 371 g/mol. The largest absolute Gasteiger partial charge is 0.483 e. The lowest BCUT2D eigenvalue weighted by atomic mass is 10.00. The average molecular weight is 371 g/mol. The number of piperidine rings is 1. The summed E-state index contributed by atoms with van der Waals surface area (Å²) in [7, 11) is 0. The van der Waals surface area contributed by atoms with Crippen LogP contribution in [0.1, 0.15) is 43.7 Å². The normalized spacial score (nSPS) is 24.4. The van der Waals surface area contributed by atoms with E-state index in [9.17, 15) is 14.7 Å². The number of aliphatic hydroxyl groups excluding tert-OH is 1. The van der Waals surface area contributed by atoms with E-state index < -0.39 is 0 Å². The van der Waals surface area contributed by atoms with Crippen LogP contribution in [-0.2, 0) is 11.2 Å². The lowest BCUT2D eigenvalue weighted by Crippen LogP contribution is -2.49. The Morgan fingerprint density at radius 3 is 2.63 bits per heavy atom. The molecule has 6 heteroatoms. The van der Waals surface area contributed by atoms with Crippen molar-refractivity contribution in [3.05, 3.63) is 39.7 Å². The Labute approximate surface area is 157 Å². The standard InChI is InChI=1S/C21H25NO5/c1-3-13-8-20(25)27-18-7-12(2)6-17(21(13)18)26-11-19(24)22-14-4-5-15(22)10-16(23)9-14/h6-8,14-16,23H,3-5,9-11H2,1-2H3/t14-,15+,16?. The molecule has 1 unspecified atom stereocenters. The molecule has 0 spiro atoms. The Bertz CT molecular complexity index is 920. The van der Waals surface area contributed by atoms with Gasteiger partial charge in [0.2, 0.25) is 0 Å². The van der Waals surface area contributed by atoms with Gasteiger partial charge in [0.1, 0.15) is 11.3 Å². The van der Waals surface area contributed by atoms with Gasteiger partial charge >= 0.3 is 5.63 Å². The first-order valence-corrected chi connectivity index (χ1v) is 9.65.